The summed E-state index contributed by atoms with van der Waals surface area (Å²) in [5.74, 6) is -2.06. The van der Waals surface area contributed by atoms with Crippen LogP contribution in [0, 0.1) is 0 Å². The Bertz CT molecular complexity index is 1090. The third-order valence-corrected chi connectivity index (χ3v) is 5.83. The Hall–Kier alpha value is -2.88. The molecule has 0 saturated carbocycles. The van der Waals surface area contributed by atoms with Gasteiger partial charge in [0.2, 0.25) is 5.91 Å². The van der Waals surface area contributed by atoms with Crippen LogP contribution in [0.5, 0.6) is 5.75 Å². The van der Waals surface area contributed by atoms with Crippen LogP contribution in [0.1, 0.15) is 22.8 Å². The number of anilines is 1. The second-order valence-electron chi connectivity index (χ2n) is 6.30. The molecule has 0 aliphatic carbocycles. The first-order chi connectivity index (χ1) is 14.2. The number of thioether (sulfide) groups is 1. The summed E-state index contributed by atoms with van der Waals surface area (Å²) in [5, 5.41) is 21.9. The Morgan fingerprint density at radius 1 is 1.23 bits per heavy atom. The maximum absolute atomic E-state index is 12.8. The summed E-state index contributed by atoms with van der Waals surface area (Å²) in [4.78, 5) is 37.8. The molecule has 3 N–H and O–H groups in total. The number of phenolic OH excluding ortho intramolecular Hbond substituents is 1. The predicted molar refractivity (Wildman–Crippen MR) is 120 cm³/mol. The lowest BCUT2D eigenvalue weighted by atomic mass is 10.1. The van der Waals surface area contributed by atoms with E-state index in [0.717, 1.165) is 11.8 Å². The van der Waals surface area contributed by atoms with Gasteiger partial charge in [-0.1, -0.05) is 35.6 Å². The van der Waals surface area contributed by atoms with E-state index in [1.807, 2.05) is 0 Å². The fourth-order valence-electron chi connectivity index (χ4n) is 2.66. The summed E-state index contributed by atoms with van der Waals surface area (Å²) in [6, 6.07) is 9.19. The summed E-state index contributed by atoms with van der Waals surface area (Å²) >= 11 is 12.2. The largest absolute Gasteiger partial charge is 0.507 e. The van der Waals surface area contributed by atoms with E-state index in [1.54, 1.807) is 0 Å². The number of thiocarbonyl (C=S) groups is 1. The maximum Gasteiger partial charge on any atom is 0.335 e. The van der Waals surface area contributed by atoms with Gasteiger partial charge in [-0.15, -0.1) is 0 Å². The third-order valence-electron chi connectivity index (χ3n) is 4.27. The predicted octanol–water partition coefficient (Wildman–Crippen LogP) is 3.97. The normalized spacial score (nSPS) is 16.1. The highest BCUT2D eigenvalue weighted by molar-refractivity contribution is 8.26. The molecular weight excluding hydrogens is 448 g/mol. The minimum atomic E-state index is -1.07. The van der Waals surface area contributed by atoms with E-state index < -0.39 is 23.8 Å². The number of aromatic hydroxyl groups is 1. The van der Waals surface area contributed by atoms with Gasteiger partial charge in [-0.2, -0.15) is 0 Å². The second-order valence-corrected chi connectivity index (χ2v) is 8.41. The summed E-state index contributed by atoms with van der Waals surface area (Å²) in [7, 11) is 0. The average Bonchev–Trinajstić information content (AvgIpc) is 2.97. The first kappa shape index (κ1) is 21.8. The SMILES string of the molecule is CC(C(=O)Nc1ccc(C(=O)O)cc1)N1C(=O)/C(=C/c2cc(Cl)ccc2O)SC1=S. The number of nitrogens with one attached hydrogen (secondary N) is 1. The number of rotatable bonds is 5. The van der Waals surface area contributed by atoms with Gasteiger partial charge >= 0.3 is 5.97 Å². The molecule has 2 aromatic rings. The first-order valence-electron chi connectivity index (χ1n) is 8.57. The zero-order valence-corrected chi connectivity index (χ0v) is 17.8. The average molecular weight is 463 g/mol. The number of amides is 2. The van der Waals surface area contributed by atoms with Gasteiger partial charge in [-0.3, -0.25) is 14.5 Å². The molecule has 0 spiro atoms. The third kappa shape index (κ3) is 4.64. The van der Waals surface area contributed by atoms with Crippen LogP contribution < -0.4 is 5.32 Å². The lowest BCUT2D eigenvalue weighted by Gasteiger charge is -2.22. The summed E-state index contributed by atoms with van der Waals surface area (Å²) < 4.78 is 0.205. The number of nitrogens with zero attached hydrogens (tertiary/aromatic N) is 1. The van der Waals surface area contributed by atoms with Crippen LogP contribution in [-0.4, -0.2) is 43.3 Å². The molecule has 2 aromatic carbocycles. The van der Waals surface area contributed by atoms with Gasteiger partial charge in [0.15, 0.2) is 0 Å². The smallest absolute Gasteiger partial charge is 0.335 e. The van der Waals surface area contributed by atoms with Crippen molar-refractivity contribution in [3.05, 3.63) is 63.5 Å². The van der Waals surface area contributed by atoms with Crippen molar-refractivity contribution < 1.29 is 24.6 Å². The fourth-order valence-corrected chi connectivity index (χ4v) is 4.25. The molecule has 0 bridgehead atoms. The molecule has 30 heavy (non-hydrogen) atoms. The molecule has 1 fully saturated rings. The molecule has 2 amide bonds. The molecule has 1 heterocycles. The van der Waals surface area contributed by atoms with Crippen LogP contribution in [0.4, 0.5) is 5.69 Å². The van der Waals surface area contributed by atoms with Crippen molar-refractivity contribution >= 4 is 69.4 Å². The van der Waals surface area contributed by atoms with E-state index in [-0.39, 0.29) is 20.5 Å². The topological polar surface area (TPSA) is 107 Å². The van der Waals surface area contributed by atoms with E-state index in [0.29, 0.717) is 16.3 Å². The Balaban J connectivity index is 1.76. The maximum atomic E-state index is 12.8. The number of phenols is 1. The van der Waals surface area contributed by atoms with Gasteiger partial charge in [0, 0.05) is 16.3 Å². The van der Waals surface area contributed by atoms with Crippen molar-refractivity contribution in [3.63, 3.8) is 0 Å². The molecule has 1 aliphatic rings. The Labute approximate surface area is 186 Å². The van der Waals surface area contributed by atoms with Crippen LogP contribution in [0.3, 0.4) is 0 Å². The summed E-state index contributed by atoms with van der Waals surface area (Å²) in [6.45, 7) is 1.53. The number of hydrogen-bond acceptors (Lipinski definition) is 6. The number of benzene rings is 2. The van der Waals surface area contributed by atoms with E-state index >= 15 is 0 Å². The zero-order valence-electron chi connectivity index (χ0n) is 15.5. The van der Waals surface area contributed by atoms with Gasteiger partial charge in [0.05, 0.1) is 10.5 Å². The second kappa shape index (κ2) is 8.86. The van der Waals surface area contributed by atoms with Gasteiger partial charge in [0.25, 0.3) is 5.91 Å². The number of aromatic carboxylic acids is 1. The standard InChI is InChI=1S/C20H15ClN2O5S2/c1-10(17(25)22-14-5-2-11(3-6-14)19(27)28)23-18(26)16(30-20(23)29)9-12-8-13(21)4-7-15(12)24/h2-10,24H,1H3,(H,22,25)(H,27,28)/b16-9-. The molecule has 0 aromatic heterocycles. The lowest BCUT2D eigenvalue weighted by Crippen LogP contribution is -2.44. The molecule has 1 atom stereocenters. The van der Waals surface area contributed by atoms with Crippen LogP contribution in [0.2, 0.25) is 5.02 Å². The van der Waals surface area contributed by atoms with E-state index in [9.17, 15) is 19.5 Å². The molecule has 1 aliphatic heterocycles. The Morgan fingerprint density at radius 2 is 1.90 bits per heavy atom. The molecule has 1 unspecified atom stereocenters. The minimum absolute atomic E-state index is 0.0414. The number of carbonyl (C=O) groups excluding carboxylic acids is 2. The first-order valence-corrected chi connectivity index (χ1v) is 10.2. The number of carboxylic acid groups (broad SMARTS) is 1. The van der Waals surface area contributed by atoms with Crippen molar-refractivity contribution in [2.75, 3.05) is 5.32 Å². The number of carboxylic acids is 1. The van der Waals surface area contributed by atoms with E-state index in [1.165, 1.54) is 60.4 Å². The van der Waals surface area contributed by atoms with Crippen LogP contribution in [0.15, 0.2) is 47.4 Å². The van der Waals surface area contributed by atoms with Crippen LogP contribution in [0.25, 0.3) is 6.08 Å². The Kier molecular flexibility index (Phi) is 6.45. The summed E-state index contributed by atoms with van der Waals surface area (Å²) in [6.07, 6.45) is 1.47. The fraction of sp³-hybridized carbons (Fsp3) is 0.100. The molecule has 7 nitrogen and oxygen atoms in total. The minimum Gasteiger partial charge on any atom is -0.507 e. The summed E-state index contributed by atoms with van der Waals surface area (Å²) in [5.41, 5.74) is 0.840. The molecule has 3 rings (SSSR count). The molecular formula is C20H15ClN2O5S2. The highest BCUT2D eigenvalue weighted by Gasteiger charge is 2.38. The monoisotopic (exact) mass is 462 g/mol. The van der Waals surface area contributed by atoms with Crippen molar-refractivity contribution in [1.82, 2.24) is 4.90 Å². The highest BCUT2D eigenvalue weighted by atomic mass is 35.5. The Morgan fingerprint density at radius 3 is 2.53 bits per heavy atom. The highest BCUT2D eigenvalue weighted by Crippen LogP contribution is 2.36. The number of halogens is 1. The van der Waals surface area contributed by atoms with Crippen molar-refractivity contribution in [3.8, 4) is 5.75 Å². The molecule has 154 valence electrons. The quantitative estimate of drug-likeness (QED) is 0.455. The van der Waals surface area contributed by atoms with Gasteiger partial charge in [0.1, 0.15) is 16.1 Å². The van der Waals surface area contributed by atoms with Gasteiger partial charge < -0.3 is 15.5 Å². The van der Waals surface area contributed by atoms with Crippen molar-refractivity contribution in [2.24, 2.45) is 0 Å². The van der Waals surface area contributed by atoms with Crippen LogP contribution in [-0.2, 0) is 9.59 Å². The molecule has 0 radical (unpaired) electrons. The molecule has 1 saturated heterocycles. The van der Waals surface area contributed by atoms with Crippen molar-refractivity contribution in [2.45, 2.75) is 13.0 Å². The number of hydrogen-bond donors (Lipinski definition) is 3. The van der Waals surface area contributed by atoms with E-state index in [4.69, 9.17) is 28.9 Å². The van der Waals surface area contributed by atoms with E-state index in [2.05, 4.69) is 5.32 Å². The lowest BCUT2D eigenvalue weighted by molar-refractivity contribution is -0.129. The van der Waals surface area contributed by atoms with Crippen LogP contribution >= 0.6 is 35.6 Å². The van der Waals surface area contributed by atoms with Gasteiger partial charge in [-0.05, 0) is 55.5 Å². The number of carbonyl (C=O) groups is 3. The van der Waals surface area contributed by atoms with Crippen molar-refractivity contribution in [1.29, 1.82) is 0 Å². The van der Waals surface area contributed by atoms with Gasteiger partial charge in [-0.25, -0.2) is 4.79 Å². The molecule has 10 heteroatoms. The zero-order chi connectivity index (χ0) is 22.0.